The molecule has 0 N–H and O–H groups in total. The first-order valence-electron chi connectivity index (χ1n) is 5.00. The SMILES string of the molecule is CS(C)(C)C1C=CCc2ccccc21. The van der Waals surface area contributed by atoms with Gasteiger partial charge in [-0.05, 0) is 36.3 Å². The summed E-state index contributed by atoms with van der Waals surface area (Å²) in [6.45, 7) is 0. The molecule has 76 valence electrons. The molecule has 0 heterocycles. The van der Waals surface area contributed by atoms with Crippen molar-refractivity contribution < 1.29 is 0 Å². The summed E-state index contributed by atoms with van der Waals surface area (Å²) >= 11 is 0. The third-order valence-electron chi connectivity index (χ3n) is 2.77. The van der Waals surface area contributed by atoms with Gasteiger partial charge in [0.25, 0.3) is 0 Å². The molecule has 1 aromatic rings. The summed E-state index contributed by atoms with van der Waals surface area (Å²) in [5, 5.41) is 0.660. The van der Waals surface area contributed by atoms with Crippen LogP contribution in [0.4, 0.5) is 0 Å². The van der Waals surface area contributed by atoms with E-state index in [2.05, 4.69) is 55.2 Å². The lowest BCUT2D eigenvalue weighted by Gasteiger charge is -2.37. The average molecular weight is 206 g/mol. The minimum absolute atomic E-state index is 0.526. The van der Waals surface area contributed by atoms with Crippen molar-refractivity contribution in [3.05, 3.63) is 47.5 Å². The highest BCUT2D eigenvalue weighted by Gasteiger charge is 2.23. The van der Waals surface area contributed by atoms with E-state index in [4.69, 9.17) is 0 Å². The Morgan fingerprint density at radius 3 is 2.57 bits per heavy atom. The van der Waals surface area contributed by atoms with Crippen LogP contribution in [0, 0.1) is 0 Å². The fourth-order valence-electron chi connectivity index (χ4n) is 2.04. The molecule has 0 radical (unpaired) electrons. The summed E-state index contributed by atoms with van der Waals surface area (Å²) in [4.78, 5) is 0. The molecule has 14 heavy (non-hydrogen) atoms. The number of allylic oxidation sites excluding steroid dienone is 1. The number of benzene rings is 1. The first-order valence-corrected chi connectivity index (χ1v) is 7.93. The average Bonchev–Trinajstić information content (AvgIpc) is 2.15. The van der Waals surface area contributed by atoms with Crippen LogP contribution >= 0.6 is 10.0 Å². The summed E-state index contributed by atoms with van der Waals surface area (Å²) in [5.74, 6) is 0. The van der Waals surface area contributed by atoms with Crippen LogP contribution in [0.15, 0.2) is 36.4 Å². The van der Waals surface area contributed by atoms with Gasteiger partial charge in [0.15, 0.2) is 0 Å². The van der Waals surface area contributed by atoms with Crippen molar-refractivity contribution in [1.82, 2.24) is 0 Å². The van der Waals surface area contributed by atoms with Gasteiger partial charge in [0.2, 0.25) is 0 Å². The Morgan fingerprint density at radius 1 is 1.14 bits per heavy atom. The van der Waals surface area contributed by atoms with Crippen LogP contribution in [-0.2, 0) is 6.42 Å². The van der Waals surface area contributed by atoms with Crippen molar-refractivity contribution in [1.29, 1.82) is 0 Å². The maximum Gasteiger partial charge on any atom is 0.0318 e. The Kier molecular flexibility index (Phi) is 2.44. The predicted octanol–water partition coefficient (Wildman–Crippen LogP) is 3.53. The highest BCUT2D eigenvalue weighted by Crippen LogP contribution is 2.53. The van der Waals surface area contributed by atoms with E-state index in [1.807, 2.05) is 0 Å². The van der Waals surface area contributed by atoms with Crippen LogP contribution in [0.3, 0.4) is 0 Å². The maximum atomic E-state index is 2.40. The zero-order valence-corrected chi connectivity index (χ0v) is 9.97. The number of rotatable bonds is 1. The molecule has 1 aromatic carbocycles. The van der Waals surface area contributed by atoms with Crippen LogP contribution in [0.2, 0.25) is 0 Å². The third-order valence-corrected chi connectivity index (χ3v) is 4.71. The molecule has 0 saturated heterocycles. The molecule has 1 heteroatoms. The second-order valence-corrected chi connectivity index (χ2v) is 9.06. The molecule has 1 atom stereocenters. The Hall–Kier alpha value is -0.690. The lowest BCUT2D eigenvalue weighted by Crippen LogP contribution is -2.10. The van der Waals surface area contributed by atoms with Crippen LogP contribution in [0.5, 0.6) is 0 Å². The van der Waals surface area contributed by atoms with Gasteiger partial charge in [-0.2, -0.15) is 0 Å². The minimum atomic E-state index is -0.526. The molecule has 0 spiro atoms. The van der Waals surface area contributed by atoms with E-state index in [-0.39, 0.29) is 0 Å². The van der Waals surface area contributed by atoms with Gasteiger partial charge in [-0.25, -0.2) is 10.0 Å². The van der Waals surface area contributed by atoms with Crippen molar-refractivity contribution in [2.24, 2.45) is 0 Å². The van der Waals surface area contributed by atoms with E-state index in [9.17, 15) is 0 Å². The fourth-order valence-corrected chi connectivity index (χ4v) is 3.61. The molecule has 0 bridgehead atoms. The Balaban J connectivity index is 2.46. The molecule has 0 amide bonds. The van der Waals surface area contributed by atoms with Gasteiger partial charge in [0.05, 0.1) is 0 Å². The summed E-state index contributed by atoms with van der Waals surface area (Å²) < 4.78 is 0. The minimum Gasteiger partial charge on any atom is -0.239 e. The number of hydrogen-bond donors (Lipinski definition) is 0. The molecule has 0 fully saturated rings. The van der Waals surface area contributed by atoms with Crippen molar-refractivity contribution in [3.63, 3.8) is 0 Å². The van der Waals surface area contributed by atoms with Gasteiger partial charge in [-0.1, -0.05) is 36.4 Å². The number of hydrogen-bond acceptors (Lipinski definition) is 0. The van der Waals surface area contributed by atoms with Crippen LogP contribution in [-0.4, -0.2) is 18.8 Å². The van der Waals surface area contributed by atoms with Crippen LogP contribution in [0.25, 0.3) is 0 Å². The van der Waals surface area contributed by atoms with Gasteiger partial charge in [-0.3, -0.25) is 0 Å². The van der Waals surface area contributed by atoms with Crippen molar-refractivity contribution in [2.75, 3.05) is 18.8 Å². The molecule has 0 saturated carbocycles. The van der Waals surface area contributed by atoms with E-state index < -0.39 is 10.0 Å². The lowest BCUT2D eigenvalue weighted by molar-refractivity contribution is 1.06. The molecule has 0 aliphatic heterocycles. The van der Waals surface area contributed by atoms with Crippen molar-refractivity contribution >= 4 is 10.0 Å². The quantitative estimate of drug-likeness (QED) is 0.617. The molecule has 2 rings (SSSR count). The largest absolute Gasteiger partial charge is 0.239 e. The topological polar surface area (TPSA) is 0 Å². The molecule has 0 aromatic heterocycles. The van der Waals surface area contributed by atoms with E-state index >= 15 is 0 Å². The van der Waals surface area contributed by atoms with E-state index in [1.165, 1.54) is 5.56 Å². The Labute approximate surface area is 88.3 Å². The van der Waals surface area contributed by atoms with Crippen LogP contribution in [0.1, 0.15) is 16.4 Å². The zero-order valence-electron chi connectivity index (χ0n) is 9.16. The second-order valence-electron chi connectivity index (χ2n) is 4.68. The normalized spacial score (nSPS) is 21.8. The predicted molar refractivity (Wildman–Crippen MR) is 67.4 cm³/mol. The third kappa shape index (κ3) is 1.74. The molecule has 1 aliphatic rings. The monoisotopic (exact) mass is 206 g/mol. The zero-order chi connectivity index (χ0) is 10.2. The summed E-state index contributed by atoms with van der Waals surface area (Å²) in [7, 11) is -0.526. The molecule has 1 aliphatic carbocycles. The van der Waals surface area contributed by atoms with Crippen LogP contribution < -0.4 is 0 Å². The van der Waals surface area contributed by atoms with E-state index in [0.29, 0.717) is 5.25 Å². The lowest BCUT2D eigenvalue weighted by atomic mass is 9.97. The fraction of sp³-hybridized carbons (Fsp3) is 0.385. The Morgan fingerprint density at radius 2 is 1.86 bits per heavy atom. The first kappa shape index (κ1) is 9.85. The highest BCUT2D eigenvalue weighted by atomic mass is 32.3. The van der Waals surface area contributed by atoms with E-state index in [0.717, 1.165) is 6.42 Å². The number of fused-ring (bicyclic) bond motifs is 1. The van der Waals surface area contributed by atoms with Gasteiger partial charge in [-0.15, -0.1) is 0 Å². The smallest absolute Gasteiger partial charge is 0.0318 e. The first-order chi connectivity index (χ1) is 6.59. The summed E-state index contributed by atoms with van der Waals surface area (Å²) in [6.07, 6.45) is 13.0. The molecule has 0 nitrogen and oxygen atoms in total. The van der Waals surface area contributed by atoms with Gasteiger partial charge in [0, 0.05) is 5.25 Å². The van der Waals surface area contributed by atoms with E-state index in [1.54, 1.807) is 5.56 Å². The molecular formula is C13H18S. The maximum absolute atomic E-state index is 2.40. The van der Waals surface area contributed by atoms with Gasteiger partial charge in [0.1, 0.15) is 0 Å². The van der Waals surface area contributed by atoms with Gasteiger partial charge < -0.3 is 0 Å². The molecular weight excluding hydrogens is 188 g/mol. The molecule has 1 unspecified atom stereocenters. The second kappa shape index (κ2) is 3.47. The highest BCUT2D eigenvalue weighted by molar-refractivity contribution is 8.32. The van der Waals surface area contributed by atoms with Crippen molar-refractivity contribution in [3.8, 4) is 0 Å². The summed E-state index contributed by atoms with van der Waals surface area (Å²) in [5.41, 5.74) is 3.07. The standard InChI is InChI=1S/C13H18S/c1-14(2,3)13-10-6-8-11-7-4-5-9-12(11)13/h4-7,9-10,13H,8H2,1-3H3. The Bertz CT molecular complexity index is 358. The van der Waals surface area contributed by atoms with Gasteiger partial charge >= 0.3 is 0 Å². The summed E-state index contributed by atoms with van der Waals surface area (Å²) in [6, 6.07) is 8.86. The van der Waals surface area contributed by atoms with Crippen molar-refractivity contribution in [2.45, 2.75) is 11.7 Å².